The highest BCUT2D eigenvalue weighted by molar-refractivity contribution is 9.10. The first-order valence-electron chi connectivity index (χ1n) is 3.85. The minimum absolute atomic E-state index is 0.476. The Morgan fingerprint density at radius 3 is 2.75 bits per heavy atom. The standard InChI is InChI=1S/C9H12BrNS/c1-7(6-11)12-9-5-3-2-4-8(9)10/h2-5,7H,6,11H2,1H3. The van der Waals surface area contributed by atoms with E-state index in [0.717, 1.165) is 4.47 Å². The molecular formula is C9H12BrNS. The summed E-state index contributed by atoms with van der Waals surface area (Å²) in [5.41, 5.74) is 5.53. The Morgan fingerprint density at radius 2 is 2.17 bits per heavy atom. The fourth-order valence-corrected chi connectivity index (χ4v) is 2.24. The van der Waals surface area contributed by atoms with Gasteiger partial charge in [-0.1, -0.05) is 19.1 Å². The van der Waals surface area contributed by atoms with Crippen LogP contribution >= 0.6 is 27.7 Å². The molecule has 0 amide bonds. The molecule has 0 saturated heterocycles. The SMILES string of the molecule is CC(CN)Sc1ccccc1Br. The van der Waals surface area contributed by atoms with E-state index in [2.05, 4.69) is 28.9 Å². The summed E-state index contributed by atoms with van der Waals surface area (Å²) in [6.45, 7) is 2.84. The number of halogens is 1. The van der Waals surface area contributed by atoms with E-state index >= 15 is 0 Å². The van der Waals surface area contributed by atoms with Crippen LogP contribution in [0, 0.1) is 0 Å². The van der Waals surface area contributed by atoms with Crippen LogP contribution in [0.4, 0.5) is 0 Å². The Bertz CT molecular complexity index is 252. The summed E-state index contributed by atoms with van der Waals surface area (Å²) in [5, 5.41) is 0.476. The lowest BCUT2D eigenvalue weighted by Crippen LogP contribution is -2.12. The Labute approximate surface area is 85.9 Å². The zero-order chi connectivity index (χ0) is 8.97. The van der Waals surface area contributed by atoms with Crippen molar-refractivity contribution in [2.75, 3.05) is 6.54 Å². The van der Waals surface area contributed by atoms with Gasteiger partial charge in [-0.25, -0.2) is 0 Å². The van der Waals surface area contributed by atoms with Gasteiger partial charge in [-0.05, 0) is 28.1 Å². The average molecular weight is 246 g/mol. The van der Waals surface area contributed by atoms with Crippen molar-refractivity contribution >= 4 is 27.7 Å². The third-order valence-electron chi connectivity index (χ3n) is 1.50. The molecule has 0 fully saturated rings. The number of rotatable bonds is 3. The Kier molecular flexibility index (Phi) is 4.12. The quantitative estimate of drug-likeness (QED) is 0.830. The minimum Gasteiger partial charge on any atom is -0.329 e. The van der Waals surface area contributed by atoms with Gasteiger partial charge in [0.2, 0.25) is 0 Å². The molecule has 0 radical (unpaired) electrons. The summed E-state index contributed by atoms with van der Waals surface area (Å²) in [5.74, 6) is 0. The molecule has 1 unspecified atom stereocenters. The highest BCUT2D eigenvalue weighted by Gasteiger charge is 2.03. The van der Waals surface area contributed by atoms with E-state index in [0.29, 0.717) is 11.8 Å². The third kappa shape index (κ3) is 2.81. The summed E-state index contributed by atoms with van der Waals surface area (Å²) in [6, 6.07) is 8.20. The lowest BCUT2D eigenvalue weighted by Gasteiger charge is -2.08. The van der Waals surface area contributed by atoms with Crippen LogP contribution in [0.5, 0.6) is 0 Å². The maximum absolute atomic E-state index is 5.53. The molecule has 12 heavy (non-hydrogen) atoms. The van der Waals surface area contributed by atoms with E-state index in [4.69, 9.17) is 5.73 Å². The van der Waals surface area contributed by atoms with Crippen LogP contribution in [0.25, 0.3) is 0 Å². The van der Waals surface area contributed by atoms with Gasteiger partial charge in [0.15, 0.2) is 0 Å². The Balaban J connectivity index is 2.69. The van der Waals surface area contributed by atoms with Crippen LogP contribution in [0.1, 0.15) is 6.92 Å². The summed E-state index contributed by atoms with van der Waals surface area (Å²) in [6.07, 6.45) is 0. The molecule has 66 valence electrons. The van der Waals surface area contributed by atoms with Crippen molar-refractivity contribution in [3.05, 3.63) is 28.7 Å². The van der Waals surface area contributed by atoms with E-state index in [1.807, 2.05) is 18.2 Å². The topological polar surface area (TPSA) is 26.0 Å². The summed E-state index contributed by atoms with van der Waals surface area (Å²) >= 11 is 5.29. The van der Waals surface area contributed by atoms with Crippen molar-refractivity contribution in [3.63, 3.8) is 0 Å². The van der Waals surface area contributed by atoms with Crippen LogP contribution in [-0.4, -0.2) is 11.8 Å². The van der Waals surface area contributed by atoms with Crippen molar-refractivity contribution < 1.29 is 0 Å². The summed E-state index contributed by atoms with van der Waals surface area (Å²) in [4.78, 5) is 1.26. The van der Waals surface area contributed by atoms with Gasteiger partial charge in [0.1, 0.15) is 0 Å². The molecule has 0 aliphatic rings. The molecular weight excluding hydrogens is 234 g/mol. The first kappa shape index (κ1) is 10.1. The predicted molar refractivity (Wildman–Crippen MR) is 58.5 cm³/mol. The third-order valence-corrected chi connectivity index (χ3v) is 3.66. The van der Waals surface area contributed by atoms with Gasteiger partial charge in [-0.3, -0.25) is 0 Å². The second kappa shape index (κ2) is 4.90. The lowest BCUT2D eigenvalue weighted by molar-refractivity contribution is 0.951. The molecule has 1 atom stereocenters. The number of hydrogen-bond donors (Lipinski definition) is 1. The van der Waals surface area contributed by atoms with Crippen LogP contribution in [0.15, 0.2) is 33.6 Å². The Morgan fingerprint density at radius 1 is 1.50 bits per heavy atom. The summed E-state index contributed by atoms with van der Waals surface area (Å²) in [7, 11) is 0. The largest absolute Gasteiger partial charge is 0.329 e. The number of thioether (sulfide) groups is 1. The van der Waals surface area contributed by atoms with E-state index in [1.54, 1.807) is 11.8 Å². The monoisotopic (exact) mass is 245 g/mol. The van der Waals surface area contributed by atoms with Gasteiger partial charge >= 0.3 is 0 Å². The van der Waals surface area contributed by atoms with Gasteiger partial charge in [-0.2, -0.15) is 0 Å². The molecule has 0 saturated carbocycles. The lowest BCUT2D eigenvalue weighted by atomic mass is 10.4. The zero-order valence-electron chi connectivity index (χ0n) is 6.96. The maximum atomic E-state index is 5.53. The van der Waals surface area contributed by atoms with Crippen molar-refractivity contribution in [3.8, 4) is 0 Å². The molecule has 0 aromatic heterocycles. The zero-order valence-corrected chi connectivity index (χ0v) is 9.36. The number of nitrogens with two attached hydrogens (primary N) is 1. The first-order chi connectivity index (χ1) is 5.74. The molecule has 0 spiro atoms. The van der Waals surface area contributed by atoms with Crippen LogP contribution in [0.3, 0.4) is 0 Å². The average Bonchev–Trinajstić information content (AvgIpc) is 2.09. The molecule has 0 aliphatic carbocycles. The Hall–Kier alpha value is 0.01000. The highest BCUT2D eigenvalue weighted by Crippen LogP contribution is 2.29. The van der Waals surface area contributed by atoms with E-state index in [1.165, 1.54) is 4.90 Å². The van der Waals surface area contributed by atoms with E-state index in [-0.39, 0.29) is 0 Å². The van der Waals surface area contributed by atoms with E-state index < -0.39 is 0 Å². The second-order valence-corrected chi connectivity index (χ2v) is 4.93. The van der Waals surface area contributed by atoms with Gasteiger partial charge in [-0.15, -0.1) is 11.8 Å². The fourth-order valence-electron chi connectivity index (χ4n) is 0.805. The normalized spacial score (nSPS) is 12.9. The molecule has 0 heterocycles. The smallest absolute Gasteiger partial charge is 0.0311 e. The van der Waals surface area contributed by atoms with Crippen molar-refractivity contribution in [1.29, 1.82) is 0 Å². The first-order valence-corrected chi connectivity index (χ1v) is 5.52. The molecule has 2 N–H and O–H groups in total. The highest BCUT2D eigenvalue weighted by atomic mass is 79.9. The molecule has 1 nitrogen and oxygen atoms in total. The number of benzene rings is 1. The van der Waals surface area contributed by atoms with Gasteiger partial charge in [0, 0.05) is 21.2 Å². The van der Waals surface area contributed by atoms with Crippen molar-refractivity contribution in [1.82, 2.24) is 0 Å². The molecule has 1 aromatic carbocycles. The van der Waals surface area contributed by atoms with Gasteiger partial charge < -0.3 is 5.73 Å². The molecule has 1 aromatic rings. The molecule has 1 rings (SSSR count). The minimum atomic E-state index is 0.476. The fraction of sp³-hybridized carbons (Fsp3) is 0.333. The van der Waals surface area contributed by atoms with Crippen LogP contribution in [0.2, 0.25) is 0 Å². The van der Waals surface area contributed by atoms with Gasteiger partial charge in [0.25, 0.3) is 0 Å². The predicted octanol–water partition coefficient (Wildman–Crippen LogP) is 2.89. The van der Waals surface area contributed by atoms with Gasteiger partial charge in [0.05, 0.1) is 0 Å². The van der Waals surface area contributed by atoms with E-state index in [9.17, 15) is 0 Å². The van der Waals surface area contributed by atoms with Crippen LogP contribution in [-0.2, 0) is 0 Å². The van der Waals surface area contributed by atoms with Crippen molar-refractivity contribution in [2.24, 2.45) is 5.73 Å². The summed E-state index contributed by atoms with van der Waals surface area (Å²) < 4.78 is 1.15. The molecule has 0 bridgehead atoms. The van der Waals surface area contributed by atoms with Crippen molar-refractivity contribution in [2.45, 2.75) is 17.1 Å². The maximum Gasteiger partial charge on any atom is 0.0311 e. The molecule has 0 aliphatic heterocycles. The second-order valence-electron chi connectivity index (χ2n) is 2.59. The number of hydrogen-bond acceptors (Lipinski definition) is 2. The molecule has 3 heteroatoms. The van der Waals surface area contributed by atoms with Crippen LogP contribution < -0.4 is 5.73 Å².